The Morgan fingerprint density at radius 3 is 2.67 bits per heavy atom. The summed E-state index contributed by atoms with van der Waals surface area (Å²) >= 11 is 6.14. The molecule has 2 heterocycles. The largest absolute Gasteiger partial charge is 0.489 e. The van der Waals surface area contributed by atoms with Crippen LogP contribution in [0.4, 0.5) is 5.82 Å². The summed E-state index contributed by atoms with van der Waals surface area (Å²) in [7, 11) is 1.42. The lowest BCUT2D eigenvalue weighted by Gasteiger charge is -2.32. The highest BCUT2D eigenvalue weighted by Crippen LogP contribution is 2.27. The highest BCUT2D eigenvalue weighted by Gasteiger charge is 2.25. The average Bonchev–Trinajstić information content (AvgIpc) is 2.68. The fourth-order valence-electron chi connectivity index (χ4n) is 3.02. The van der Waals surface area contributed by atoms with Crippen molar-refractivity contribution < 1.29 is 4.74 Å². The molecule has 1 saturated heterocycles. The molecular weight excluding hydrogens is 370 g/mol. The molecule has 1 aliphatic rings. The fourth-order valence-corrected chi connectivity index (χ4v) is 3.20. The van der Waals surface area contributed by atoms with E-state index < -0.39 is 11.2 Å². The number of ether oxygens (including phenoxy) is 1. The van der Waals surface area contributed by atoms with Crippen LogP contribution < -0.4 is 20.9 Å². The van der Waals surface area contributed by atoms with Crippen LogP contribution in [0.2, 0.25) is 5.02 Å². The van der Waals surface area contributed by atoms with E-state index in [0.717, 1.165) is 4.57 Å². The van der Waals surface area contributed by atoms with Crippen molar-refractivity contribution in [3.8, 4) is 11.8 Å². The van der Waals surface area contributed by atoms with Gasteiger partial charge in [0.25, 0.3) is 5.56 Å². The van der Waals surface area contributed by atoms with E-state index in [9.17, 15) is 9.59 Å². The van der Waals surface area contributed by atoms with Crippen LogP contribution in [0.5, 0.6) is 5.75 Å². The summed E-state index contributed by atoms with van der Waals surface area (Å²) in [5.74, 6) is 0.878. The van der Waals surface area contributed by atoms with E-state index in [2.05, 4.69) is 5.10 Å². The lowest BCUT2D eigenvalue weighted by Crippen LogP contribution is -2.47. The van der Waals surface area contributed by atoms with E-state index in [1.165, 1.54) is 11.7 Å². The number of hydrogen-bond acceptors (Lipinski definition) is 6. The zero-order valence-electron chi connectivity index (χ0n) is 15.0. The number of benzene rings is 1. The van der Waals surface area contributed by atoms with Gasteiger partial charge in [0.2, 0.25) is 5.82 Å². The summed E-state index contributed by atoms with van der Waals surface area (Å²) < 4.78 is 8.17. The Kier molecular flexibility index (Phi) is 5.81. The maximum atomic E-state index is 12.5. The van der Waals surface area contributed by atoms with Crippen molar-refractivity contribution >= 4 is 17.4 Å². The van der Waals surface area contributed by atoms with Crippen molar-refractivity contribution in [2.75, 3.05) is 18.0 Å². The molecule has 0 amide bonds. The molecule has 0 spiro atoms. The summed E-state index contributed by atoms with van der Waals surface area (Å²) in [6.07, 6.45) is 1.55. The molecule has 0 saturated carbocycles. The van der Waals surface area contributed by atoms with Crippen LogP contribution in [0, 0.1) is 11.3 Å². The molecule has 8 nitrogen and oxygen atoms in total. The Hall–Kier alpha value is -2.79. The van der Waals surface area contributed by atoms with Crippen LogP contribution in [0.3, 0.4) is 0 Å². The fraction of sp³-hybridized carbons (Fsp3) is 0.444. The standard InChI is InChI=1S/C18H20ClN5O3/c1-22-17(25)16(21-24(18(22)26)10-4-9-20)23-11-7-13(8-12-23)27-15-6-3-2-5-14(15)19/h2-3,5-6,13H,4,7-8,10-12H2,1H3. The molecule has 3 rings (SSSR count). The van der Waals surface area contributed by atoms with Gasteiger partial charge in [0.15, 0.2) is 0 Å². The van der Waals surface area contributed by atoms with Gasteiger partial charge in [-0.1, -0.05) is 23.7 Å². The molecule has 2 aromatic rings. The predicted octanol–water partition coefficient (Wildman–Crippen LogP) is 1.56. The Balaban J connectivity index is 1.73. The number of para-hydroxylation sites is 1. The van der Waals surface area contributed by atoms with Gasteiger partial charge in [-0.3, -0.25) is 9.36 Å². The normalized spacial score (nSPS) is 14.8. The van der Waals surface area contributed by atoms with Crippen LogP contribution in [-0.4, -0.2) is 33.5 Å². The topological polar surface area (TPSA) is 93.2 Å². The van der Waals surface area contributed by atoms with Gasteiger partial charge in [-0.25, -0.2) is 9.48 Å². The van der Waals surface area contributed by atoms with Crippen molar-refractivity contribution in [2.45, 2.75) is 31.9 Å². The first-order valence-electron chi connectivity index (χ1n) is 8.72. The average molecular weight is 390 g/mol. The van der Waals surface area contributed by atoms with E-state index in [1.807, 2.05) is 29.2 Å². The summed E-state index contributed by atoms with van der Waals surface area (Å²) in [5.41, 5.74) is -0.949. The highest BCUT2D eigenvalue weighted by molar-refractivity contribution is 6.32. The second-order valence-corrected chi connectivity index (χ2v) is 6.74. The van der Waals surface area contributed by atoms with Crippen molar-refractivity contribution in [2.24, 2.45) is 7.05 Å². The minimum absolute atomic E-state index is 0.00510. The summed E-state index contributed by atoms with van der Waals surface area (Å²) in [6.45, 7) is 1.31. The zero-order chi connectivity index (χ0) is 19.4. The molecule has 9 heteroatoms. The second kappa shape index (κ2) is 8.27. The number of nitriles is 1. The third-order valence-corrected chi connectivity index (χ3v) is 4.84. The molecule has 0 unspecified atom stereocenters. The monoisotopic (exact) mass is 389 g/mol. The summed E-state index contributed by atoms with van der Waals surface area (Å²) in [6, 6.07) is 9.31. The van der Waals surface area contributed by atoms with Crippen LogP contribution in [0.25, 0.3) is 0 Å². The molecule has 0 N–H and O–H groups in total. The first-order chi connectivity index (χ1) is 13.0. The Bertz CT molecular complexity index is 970. The van der Waals surface area contributed by atoms with Gasteiger partial charge in [-0.05, 0) is 12.1 Å². The minimum atomic E-state index is -0.518. The van der Waals surface area contributed by atoms with Gasteiger partial charge in [0, 0.05) is 33.0 Å². The number of anilines is 1. The van der Waals surface area contributed by atoms with Crippen molar-refractivity contribution in [3.63, 3.8) is 0 Å². The molecule has 0 atom stereocenters. The molecule has 1 aliphatic heterocycles. The third kappa shape index (κ3) is 4.14. The number of aryl methyl sites for hydroxylation is 1. The SMILES string of the molecule is Cn1c(=O)c(N2CCC(Oc3ccccc3Cl)CC2)nn(CCC#N)c1=O. The molecule has 0 radical (unpaired) electrons. The molecule has 27 heavy (non-hydrogen) atoms. The van der Waals surface area contributed by atoms with E-state index >= 15 is 0 Å². The summed E-state index contributed by atoms with van der Waals surface area (Å²) in [4.78, 5) is 26.4. The van der Waals surface area contributed by atoms with Gasteiger partial charge in [0.05, 0.1) is 24.1 Å². The van der Waals surface area contributed by atoms with E-state index in [1.54, 1.807) is 6.07 Å². The quantitative estimate of drug-likeness (QED) is 0.770. The maximum absolute atomic E-state index is 12.5. The van der Waals surface area contributed by atoms with Crippen molar-refractivity contribution in [3.05, 3.63) is 50.1 Å². The molecule has 1 aromatic carbocycles. The van der Waals surface area contributed by atoms with Gasteiger partial charge < -0.3 is 9.64 Å². The predicted molar refractivity (Wildman–Crippen MR) is 101 cm³/mol. The van der Waals surface area contributed by atoms with Crippen LogP contribution in [0.15, 0.2) is 33.9 Å². The third-order valence-electron chi connectivity index (χ3n) is 4.53. The van der Waals surface area contributed by atoms with Crippen molar-refractivity contribution in [1.29, 1.82) is 5.26 Å². The van der Waals surface area contributed by atoms with Gasteiger partial charge in [-0.15, -0.1) is 5.10 Å². The number of aromatic nitrogens is 3. The van der Waals surface area contributed by atoms with Crippen molar-refractivity contribution in [1.82, 2.24) is 14.3 Å². The maximum Gasteiger partial charge on any atom is 0.347 e. The lowest BCUT2D eigenvalue weighted by molar-refractivity contribution is 0.170. The molecule has 1 aromatic heterocycles. The van der Waals surface area contributed by atoms with Crippen LogP contribution in [0.1, 0.15) is 19.3 Å². The van der Waals surface area contributed by atoms with Crippen LogP contribution >= 0.6 is 11.6 Å². The van der Waals surface area contributed by atoms with Gasteiger partial charge in [-0.2, -0.15) is 5.26 Å². The van der Waals surface area contributed by atoms with E-state index in [-0.39, 0.29) is 24.9 Å². The minimum Gasteiger partial charge on any atom is -0.489 e. The number of nitrogens with zero attached hydrogens (tertiary/aromatic N) is 5. The van der Waals surface area contributed by atoms with Crippen LogP contribution in [-0.2, 0) is 13.6 Å². The van der Waals surface area contributed by atoms with E-state index in [4.69, 9.17) is 21.6 Å². The Morgan fingerprint density at radius 1 is 1.30 bits per heavy atom. The molecule has 142 valence electrons. The number of rotatable bonds is 5. The molecule has 0 aliphatic carbocycles. The van der Waals surface area contributed by atoms with Gasteiger partial charge in [0.1, 0.15) is 11.9 Å². The second-order valence-electron chi connectivity index (χ2n) is 6.34. The smallest absolute Gasteiger partial charge is 0.347 e. The number of halogens is 1. The lowest BCUT2D eigenvalue weighted by atomic mass is 10.1. The molecular formula is C18H20ClN5O3. The number of piperidine rings is 1. The number of hydrogen-bond donors (Lipinski definition) is 0. The Labute approximate surface area is 161 Å². The Morgan fingerprint density at radius 2 is 2.00 bits per heavy atom. The van der Waals surface area contributed by atoms with Gasteiger partial charge >= 0.3 is 5.69 Å². The first-order valence-corrected chi connectivity index (χ1v) is 9.10. The zero-order valence-corrected chi connectivity index (χ0v) is 15.7. The highest BCUT2D eigenvalue weighted by atomic mass is 35.5. The molecule has 1 fully saturated rings. The van der Waals surface area contributed by atoms with E-state index in [0.29, 0.717) is 36.7 Å². The summed E-state index contributed by atoms with van der Waals surface area (Å²) in [5, 5.41) is 13.5. The molecule has 0 bridgehead atoms. The first kappa shape index (κ1) is 19.0.